The summed E-state index contributed by atoms with van der Waals surface area (Å²) in [7, 11) is 0. The minimum absolute atomic E-state index is 0.0296. The van der Waals surface area contributed by atoms with E-state index in [1.807, 2.05) is 11.0 Å². The topological polar surface area (TPSA) is 32.3 Å². The highest BCUT2D eigenvalue weighted by Gasteiger charge is 2.27. The molecule has 0 unspecified atom stereocenters. The molecule has 2 heterocycles. The zero-order valence-electron chi connectivity index (χ0n) is 8.36. The molecule has 2 aliphatic rings. The lowest BCUT2D eigenvalue weighted by atomic mass is 9.96. The minimum atomic E-state index is 0.0296. The molecule has 0 aliphatic carbocycles. The lowest BCUT2D eigenvalue weighted by Gasteiger charge is -2.34. The van der Waals surface area contributed by atoms with Crippen LogP contribution < -0.4 is 5.32 Å². The van der Waals surface area contributed by atoms with Crippen LogP contribution in [0.2, 0.25) is 0 Å². The van der Waals surface area contributed by atoms with E-state index in [1.165, 1.54) is 11.1 Å². The Labute approximate surface area is 88.4 Å². The van der Waals surface area contributed by atoms with Crippen molar-refractivity contribution in [2.24, 2.45) is 0 Å². The van der Waals surface area contributed by atoms with Gasteiger partial charge in [0.1, 0.15) is 0 Å². The number of hydrogen-bond acceptors (Lipinski definition) is 1. The van der Waals surface area contributed by atoms with E-state index in [0.717, 1.165) is 18.7 Å². The Morgan fingerprint density at radius 3 is 3.07 bits per heavy atom. The van der Waals surface area contributed by atoms with Crippen molar-refractivity contribution in [1.82, 2.24) is 10.2 Å². The molecule has 0 saturated heterocycles. The lowest BCUT2D eigenvalue weighted by molar-refractivity contribution is 0.216. The molecule has 2 amide bonds. The fraction of sp³-hybridized carbons (Fsp3) is 0.250. The summed E-state index contributed by atoms with van der Waals surface area (Å²) < 4.78 is 0. The average Bonchev–Trinajstić information content (AvgIpc) is 2.29. The van der Waals surface area contributed by atoms with Crippen LogP contribution in [0.4, 0.5) is 4.79 Å². The van der Waals surface area contributed by atoms with Crippen LogP contribution in [0.5, 0.6) is 0 Å². The summed E-state index contributed by atoms with van der Waals surface area (Å²) >= 11 is 0. The molecular weight excluding hydrogens is 188 g/mol. The average molecular weight is 200 g/mol. The summed E-state index contributed by atoms with van der Waals surface area (Å²) in [6.07, 6.45) is 3.03. The number of fused-ring (bicyclic) bond motifs is 3. The molecule has 0 aromatic heterocycles. The summed E-state index contributed by atoms with van der Waals surface area (Å²) in [6.45, 7) is 1.42. The van der Waals surface area contributed by atoms with Crippen LogP contribution >= 0.6 is 0 Å². The first-order chi connectivity index (χ1) is 7.36. The van der Waals surface area contributed by atoms with E-state index >= 15 is 0 Å². The number of nitrogens with one attached hydrogen (secondary N) is 1. The van der Waals surface area contributed by atoms with Gasteiger partial charge in [0.15, 0.2) is 0 Å². The molecule has 0 spiro atoms. The molecule has 1 aromatic carbocycles. The van der Waals surface area contributed by atoms with E-state index in [0.29, 0.717) is 6.54 Å². The van der Waals surface area contributed by atoms with E-state index < -0.39 is 0 Å². The fourth-order valence-electron chi connectivity index (χ4n) is 2.25. The van der Waals surface area contributed by atoms with E-state index in [9.17, 15) is 4.79 Å². The monoisotopic (exact) mass is 200 g/mol. The SMILES string of the molecule is O=C1NCC=C2c3ccccc3CCN12. The van der Waals surface area contributed by atoms with Gasteiger partial charge in [-0.1, -0.05) is 24.3 Å². The predicted octanol–water partition coefficient (Wildman–Crippen LogP) is 1.61. The Balaban J connectivity index is 2.13. The number of carbonyl (C=O) groups is 1. The van der Waals surface area contributed by atoms with Crippen LogP contribution in [0, 0.1) is 0 Å². The van der Waals surface area contributed by atoms with E-state index in [1.54, 1.807) is 0 Å². The molecule has 0 fully saturated rings. The molecule has 3 rings (SSSR count). The first-order valence-corrected chi connectivity index (χ1v) is 5.20. The highest BCUT2D eigenvalue weighted by molar-refractivity contribution is 5.89. The molecule has 0 radical (unpaired) electrons. The Morgan fingerprint density at radius 2 is 2.13 bits per heavy atom. The summed E-state index contributed by atoms with van der Waals surface area (Å²) in [6, 6.07) is 8.33. The van der Waals surface area contributed by atoms with E-state index in [2.05, 4.69) is 29.6 Å². The predicted molar refractivity (Wildman–Crippen MR) is 58.2 cm³/mol. The highest BCUT2D eigenvalue weighted by atomic mass is 16.2. The normalized spacial score (nSPS) is 18.8. The third-order valence-corrected chi connectivity index (χ3v) is 2.98. The lowest BCUT2D eigenvalue weighted by Crippen LogP contribution is -2.45. The number of amides is 2. The fourth-order valence-corrected chi connectivity index (χ4v) is 2.25. The summed E-state index contributed by atoms with van der Waals surface area (Å²) in [4.78, 5) is 13.4. The Bertz CT molecular complexity index is 451. The van der Waals surface area contributed by atoms with Crippen molar-refractivity contribution in [2.45, 2.75) is 6.42 Å². The largest absolute Gasteiger partial charge is 0.334 e. The zero-order valence-corrected chi connectivity index (χ0v) is 8.36. The maximum atomic E-state index is 11.6. The molecule has 3 nitrogen and oxygen atoms in total. The highest BCUT2D eigenvalue weighted by Crippen LogP contribution is 2.29. The molecular formula is C12H12N2O. The van der Waals surface area contributed by atoms with Crippen LogP contribution in [0.1, 0.15) is 11.1 Å². The number of rotatable bonds is 0. The van der Waals surface area contributed by atoms with Crippen molar-refractivity contribution >= 4 is 11.7 Å². The van der Waals surface area contributed by atoms with Crippen molar-refractivity contribution < 1.29 is 4.79 Å². The summed E-state index contributed by atoms with van der Waals surface area (Å²) in [5.41, 5.74) is 3.62. The number of carbonyl (C=O) groups excluding carboxylic acids is 1. The van der Waals surface area contributed by atoms with Gasteiger partial charge in [0.2, 0.25) is 0 Å². The third-order valence-electron chi connectivity index (χ3n) is 2.98. The van der Waals surface area contributed by atoms with Gasteiger partial charge in [0.25, 0.3) is 0 Å². The van der Waals surface area contributed by atoms with Crippen LogP contribution in [0.25, 0.3) is 5.70 Å². The van der Waals surface area contributed by atoms with Crippen molar-refractivity contribution in [3.05, 3.63) is 41.5 Å². The Kier molecular flexibility index (Phi) is 1.78. The number of benzene rings is 1. The quantitative estimate of drug-likeness (QED) is 0.678. The van der Waals surface area contributed by atoms with E-state index in [4.69, 9.17) is 0 Å². The second-order valence-electron chi connectivity index (χ2n) is 3.83. The molecule has 0 bridgehead atoms. The Morgan fingerprint density at radius 1 is 1.27 bits per heavy atom. The second kappa shape index (κ2) is 3.12. The number of hydrogen-bond donors (Lipinski definition) is 1. The standard InChI is InChI=1S/C12H12N2O/c15-12-13-7-5-11-10-4-2-1-3-9(10)6-8-14(11)12/h1-5H,6-8H2,(H,13,15). The molecule has 15 heavy (non-hydrogen) atoms. The van der Waals surface area contributed by atoms with Gasteiger partial charge in [0, 0.05) is 18.7 Å². The number of nitrogens with zero attached hydrogens (tertiary/aromatic N) is 1. The van der Waals surface area contributed by atoms with Crippen LogP contribution in [-0.4, -0.2) is 24.0 Å². The molecule has 0 atom stereocenters. The molecule has 0 saturated carbocycles. The molecule has 3 heteroatoms. The van der Waals surface area contributed by atoms with Crippen molar-refractivity contribution in [3.8, 4) is 0 Å². The van der Waals surface area contributed by atoms with Gasteiger partial charge in [-0.15, -0.1) is 0 Å². The maximum absolute atomic E-state index is 11.6. The Hall–Kier alpha value is -1.77. The molecule has 1 aromatic rings. The maximum Gasteiger partial charge on any atom is 0.322 e. The van der Waals surface area contributed by atoms with Crippen LogP contribution in [-0.2, 0) is 6.42 Å². The first kappa shape index (κ1) is 8.53. The minimum Gasteiger partial charge on any atom is -0.334 e. The van der Waals surface area contributed by atoms with Crippen molar-refractivity contribution in [3.63, 3.8) is 0 Å². The molecule has 76 valence electrons. The van der Waals surface area contributed by atoms with Gasteiger partial charge >= 0.3 is 6.03 Å². The van der Waals surface area contributed by atoms with Gasteiger partial charge < -0.3 is 5.32 Å². The molecule has 2 aliphatic heterocycles. The van der Waals surface area contributed by atoms with Crippen molar-refractivity contribution in [1.29, 1.82) is 0 Å². The van der Waals surface area contributed by atoms with Gasteiger partial charge in [-0.05, 0) is 18.1 Å². The van der Waals surface area contributed by atoms with Gasteiger partial charge in [-0.2, -0.15) is 0 Å². The second-order valence-corrected chi connectivity index (χ2v) is 3.83. The van der Waals surface area contributed by atoms with Crippen LogP contribution in [0.3, 0.4) is 0 Å². The van der Waals surface area contributed by atoms with E-state index in [-0.39, 0.29) is 6.03 Å². The third kappa shape index (κ3) is 1.23. The molecule has 1 N–H and O–H groups in total. The van der Waals surface area contributed by atoms with Crippen LogP contribution in [0.15, 0.2) is 30.3 Å². The summed E-state index contributed by atoms with van der Waals surface area (Å²) in [5, 5.41) is 2.82. The number of urea groups is 1. The van der Waals surface area contributed by atoms with Crippen molar-refractivity contribution in [2.75, 3.05) is 13.1 Å². The van der Waals surface area contributed by atoms with Gasteiger partial charge in [-0.25, -0.2) is 4.79 Å². The van der Waals surface area contributed by atoms with Gasteiger partial charge in [-0.3, -0.25) is 4.90 Å². The first-order valence-electron chi connectivity index (χ1n) is 5.20. The summed E-state index contributed by atoms with van der Waals surface area (Å²) in [5.74, 6) is 0. The van der Waals surface area contributed by atoms with Gasteiger partial charge in [0.05, 0.1) is 5.70 Å². The smallest absolute Gasteiger partial charge is 0.322 e. The zero-order chi connectivity index (χ0) is 10.3.